The zero-order valence-corrected chi connectivity index (χ0v) is 15.4. The van der Waals surface area contributed by atoms with E-state index in [2.05, 4.69) is 6.92 Å². The second kappa shape index (κ2) is 8.98. The van der Waals surface area contributed by atoms with E-state index in [-0.39, 0.29) is 6.79 Å². The number of fused-ring (bicyclic) bond motifs is 1. The average molecular weight is 370 g/mol. The zero-order chi connectivity index (χ0) is 19.1. The van der Waals surface area contributed by atoms with Gasteiger partial charge in [0.25, 0.3) is 0 Å². The van der Waals surface area contributed by atoms with E-state index >= 15 is 0 Å². The second-order valence-corrected chi connectivity index (χ2v) is 5.88. The number of esters is 1. The maximum absolute atomic E-state index is 12.0. The highest BCUT2D eigenvalue weighted by molar-refractivity contribution is 5.89. The average Bonchev–Trinajstić information content (AvgIpc) is 3.15. The van der Waals surface area contributed by atoms with Gasteiger partial charge >= 0.3 is 5.97 Å². The van der Waals surface area contributed by atoms with Gasteiger partial charge in [0.05, 0.1) is 13.7 Å². The van der Waals surface area contributed by atoms with Gasteiger partial charge in [0.2, 0.25) is 6.79 Å². The van der Waals surface area contributed by atoms with Crippen molar-refractivity contribution in [3.8, 4) is 28.7 Å². The summed E-state index contributed by atoms with van der Waals surface area (Å²) in [6, 6.07) is 10.5. The lowest BCUT2D eigenvalue weighted by Crippen LogP contribution is -2.03. The number of ether oxygens (including phenoxy) is 5. The molecule has 0 atom stereocenters. The molecule has 0 saturated heterocycles. The first-order valence-corrected chi connectivity index (χ1v) is 8.80. The Balaban J connectivity index is 1.61. The first kappa shape index (κ1) is 18.6. The Morgan fingerprint density at radius 1 is 1.11 bits per heavy atom. The molecule has 0 N–H and O–H groups in total. The first-order chi connectivity index (χ1) is 13.2. The summed E-state index contributed by atoms with van der Waals surface area (Å²) in [5, 5.41) is 0. The summed E-state index contributed by atoms with van der Waals surface area (Å²) in [5.74, 6) is 2.41. The van der Waals surface area contributed by atoms with E-state index in [0.717, 1.165) is 18.4 Å². The number of hydrogen-bond donors (Lipinski definition) is 0. The minimum atomic E-state index is -0.490. The second-order valence-electron chi connectivity index (χ2n) is 5.88. The summed E-state index contributed by atoms with van der Waals surface area (Å²) in [5.41, 5.74) is 0.803. The number of carbonyl (C=O) groups is 1. The normalized spacial score (nSPS) is 12.2. The fourth-order valence-electron chi connectivity index (χ4n) is 2.49. The lowest BCUT2D eigenvalue weighted by Gasteiger charge is -2.10. The minimum absolute atomic E-state index is 0.173. The molecule has 1 aliphatic heterocycles. The number of rotatable bonds is 8. The number of methoxy groups -OCH3 is 1. The summed E-state index contributed by atoms with van der Waals surface area (Å²) >= 11 is 0. The standard InChI is InChI=1S/C21H22O6/c1-3-4-11-24-17-8-5-15(12-19(17)23-2)6-10-21(22)27-16-7-9-18-20(13-16)26-14-25-18/h5-10,12-13H,3-4,11,14H2,1-2H3/b10-6+. The van der Waals surface area contributed by atoms with E-state index in [0.29, 0.717) is 35.4 Å². The Morgan fingerprint density at radius 2 is 1.96 bits per heavy atom. The molecular formula is C21H22O6. The highest BCUT2D eigenvalue weighted by Crippen LogP contribution is 2.35. The minimum Gasteiger partial charge on any atom is -0.493 e. The molecule has 0 aliphatic carbocycles. The summed E-state index contributed by atoms with van der Waals surface area (Å²) in [6.45, 7) is 2.92. The van der Waals surface area contributed by atoms with Gasteiger partial charge in [-0.3, -0.25) is 0 Å². The molecule has 27 heavy (non-hydrogen) atoms. The first-order valence-electron chi connectivity index (χ1n) is 8.80. The van der Waals surface area contributed by atoms with Gasteiger partial charge in [0, 0.05) is 12.1 Å². The van der Waals surface area contributed by atoms with E-state index in [9.17, 15) is 4.79 Å². The number of hydrogen-bond acceptors (Lipinski definition) is 6. The molecule has 0 radical (unpaired) electrons. The third kappa shape index (κ3) is 4.94. The van der Waals surface area contributed by atoms with Gasteiger partial charge in [-0.1, -0.05) is 19.4 Å². The fourth-order valence-corrected chi connectivity index (χ4v) is 2.49. The molecule has 1 aliphatic rings. The summed E-state index contributed by atoms with van der Waals surface area (Å²) < 4.78 is 26.8. The van der Waals surface area contributed by atoms with Crippen molar-refractivity contribution in [2.45, 2.75) is 19.8 Å². The third-order valence-electron chi connectivity index (χ3n) is 3.92. The SMILES string of the molecule is CCCCOc1ccc(/C=C/C(=O)Oc2ccc3c(c2)OCO3)cc1OC. The van der Waals surface area contributed by atoms with Crippen LogP contribution in [0.15, 0.2) is 42.5 Å². The molecule has 6 heteroatoms. The van der Waals surface area contributed by atoms with Crippen molar-refractivity contribution >= 4 is 12.0 Å². The molecular weight excluding hydrogens is 348 g/mol. The Hall–Kier alpha value is -3.15. The highest BCUT2D eigenvalue weighted by Gasteiger charge is 2.14. The van der Waals surface area contributed by atoms with Crippen molar-refractivity contribution in [1.29, 1.82) is 0 Å². The Bertz CT molecular complexity index is 827. The van der Waals surface area contributed by atoms with Crippen molar-refractivity contribution < 1.29 is 28.5 Å². The van der Waals surface area contributed by atoms with Crippen LogP contribution in [-0.4, -0.2) is 26.5 Å². The molecule has 6 nitrogen and oxygen atoms in total. The van der Waals surface area contributed by atoms with Crippen molar-refractivity contribution in [3.63, 3.8) is 0 Å². The van der Waals surface area contributed by atoms with E-state index in [1.807, 2.05) is 18.2 Å². The zero-order valence-electron chi connectivity index (χ0n) is 15.4. The lowest BCUT2D eigenvalue weighted by atomic mass is 10.2. The molecule has 0 fully saturated rings. The van der Waals surface area contributed by atoms with E-state index in [1.54, 1.807) is 31.4 Å². The number of unbranched alkanes of at least 4 members (excludes halogenated alkanes) is 1. The predicted molar refractivity (Wildman–Crippen MR) is 101 cm³/mol. The molecule has 0 amide bonds. The van der Waals surface area contributed by atoms with Crippen LogP contribution in [-0.2, 0) is 4.79 Å². The lowest BCUT2D eigenvalue weighted by molar-refractivity contribution is -0.128. The molecule has 1 heterocycles. The number of carbonyl (C=O) groups excluding carboxylic acids is 1. The van der Waals surface area contributed by atoms with Crippen LogP contribution in [0.1, 0.15) is 25.3 Å². The van der Waals surface area contributed by atoms with Crippen molar-refractivity contribution in [3.05, 3.63) is 48.0 Å². The summed E-state index contributed by atoms with van der Waals surface area (Å²) in [7, 11) is 1.59. The molecule has 3 rings (SSSR count). The van der Waals surface area contributed by atoms with Crippen LogP contribution in [0, 0.1) is 0 Å². The summed E-state index contributed by atoms with van der Waals surface area (Å²) in [6.07, 6.45) is 5.07. The van der Waals surface area contributed by atoms with Gasteiger partial charge in [0.15, 0.2) is 23.0 Å². The topological polar surface area (TPSA) is 63.2 Å². The monoisotopic (exact) mass is 370 g/mol. The highest BCUT2D eigenvalue weighted by atomic mass is 16.7. The Labute approximate surface area is 158 Å². The molecule has 2 aromatic carbocycles. The van der Waals surface area contributed by atoms with Gasteiger partial charge in [-0.2, -0.15) is 0 Å². The molecule has 2 aromatic rings. The maximum Gasteiger partial charge on any atom is 0.336 e. The fraction of sp³-hybridized carbons (Fsp3) is 0.286. The van der Waals surface area contributed by atoms with E-state index in [1.165, 1.54) is 6.08 Å². The van der Waals surface area contributed by atoms with Crippen LogP contribution < -0.4 is 23.7 Å². The smallest absolute Gasteiger partial charge is 0.336 e. The van der Waals surface area contributed by atoms with Crippen LogP contribution in [0.25, 0.3) is 6.08 Å². The molecule has 142 valence electrons. The molecule has 0 bridgehead atoms. The Kier molecular flexibility index (Phi) is 6.20. The molecule has 0 aromatic heterocycles. The molecule has 0 spiro atoms. The van der Waals surface area contributed by atoms with Gasteiger partial charge in [-0.25, -0.2) is 4.79 Å². The quantitative estimate of drug-likeness (QED) is 0.300. The van der Waals surface area contributed by atoms with Gasteiger partial charge in [-0.05, 0) is 42.3 Å². The van der Waals surface area contributed by atoms with Crippen LogP contribution in [0.4, 0.5) is 0 Å². The predicted octanol–water partition coefficient (Wildman–Crippen LogP) is 4.22. The van der Waals surface area contributed by atoms with Crippen LogP contribution in [0.3, 0.4) is 0 Å². The Morgan fingerprint density at radius 3 is 2.78 bits per heavy atom. The van der Waals surface area contributed by atoms with Gasteiger partial charge < -0.3 is 23.7 Å². The van der Waals surface area contributed by atoms with Crippen molar-refractivity contribution in [2.24, 2.45) is 0 Å². The number of benzene rings is 2. The van der Waals surface area contributed by atoms with E-state index in [4.69, 9.17) is 23.7 Å². The van der Waals surface area contributed by atoms with E-state index < -0.39 is 5.97 Å². The third-order valence-corrected chi connectivity index (χ3v) is 3.92. The molecule has 0 saturated carbocycles. The van der Waals surface area contributed by atoms with Gasteiger partial charge in [0.1, 0.15) is 5.75 Å². The largest absolute Gasteiger partial charge is 0.493 e. The maximum atomic E-state index is 12.0. The van der Waals surface area contributed by atoms with Crippen LogP contribution in [0.5, 0.6) is 28.7 Å². The van der Waals surface area contributed by atoms with Gasteiger partial charge in [-0.15, -0.1) is 0 Å². The summed E-state index contributed by atoms with van der Waals surface area (Å²) in [4.78, 5) is 12.0. The van der Waals surface area contributed by atoms with Crippen LogP contribution >= 0.6 is 0 Å². The van der Waals surface area contributed by atoms with Crippen molar-refractivity contribution in [1.82, 2.24) is 0 Å². The molecule has 0 unspecified atom stereocenters. The van der Waals surface area contributed by atoms with Crippen molar-refractivity contribution in [2.75, 3.05) is 20.5 Å². The van der Waals surface area contributed by atoms with Crippen LogP contribution in [0.2, 0.25) is 0 Å².